The number of fused-ring (bicyclic) bond motifs is 1. The van der Waals surface area contributed by atoms with Gasteiger partial charge in [0.1, 0.15) is 6.04 Å². The summed E-state index contributed by atoms with van der Waals surface area (Å²) in [6.07, 6.45) is 0.731. The third-order valence-electron chi connectivity index (χ3n) is 2.94. The Kier molecular flexibility index (Phi) is 2.73. The molecule has 0 aromatic heterocycles. The van der Waals surface area contributed by atoms with Crippen LogP contribution in [0.15, 0.2) is 18.2 Å². The highest BCUT2D eigenvalue weighted by molar-refractivity contribution is 5.76. The summed E-state index contributed by atoms with van der Waals surface area (Å²) in [5.74, 6) is -0.177. The van der Waals surface area contributed by atoms with Gasteiger partial charge >= 0.3 is 5.97 Å². The monoisotopic (exact) mass is 205 g/mol. The van der Waals surface area contributed by atoms with Gasteiger partial charge in [-0.25, -0.2) is 0 Å². The fourth-order valence-corrected chi connectivity index (χ4v) is 2.04. The summed E-state index contributed by atoms with van der Waals surface area (Å²) in [5, 5.41) is 3.18. The van der Waals surface area contributed by atoms with Gasteiger partial charge in [-0.15, -0.1) is 0 Å². The van der Waals surface area contributed by atoms with Crippen LogP contribution in [0.2, 0.25) is 0 Å². The zero-order chi connectivity index (χ0) is 10.8. The number of aryl methyl sites for hydroxylation is 1. The summed E-state index contributed by atoms with van der Waals surface area (Å²) in [4.78, 5) is 11.4. The summed E-state index contributed by atoms with van der Waals surface area (Å²) in [7, 11) is 1.43. The average molecular weight is 205 g/mol. The Morgan fingerprint density at radius 2 is 2.33 bits per heavy atom. The van der Waals surface area contributed by atoms with Gasteiger partial charge in [-0.3, -0.25) is 4.79 Å². The van der Waals surface area contributed by atoms with Gasteiger partial charge < -0.3 is 10.1 Å². The van der Waals surface area contributed by atoms with Crippen LogP contribution in [0.25, 0.3) is 0 Å². The minimum absolute atomic E-state index is 0.177. The van der Waals surface area contributed by atoms with Gasteiger partial charge in [0.2, 0.25) is 0 Å². The Hall–Kier alpha value is -1.35. The minimum Gasteiger partial charge on any atom is -0.468 e. The summed E-state index contributed by atoms with van der Waals surface area (Å²) in [6.45, 7) is 2.83. The molecule has 1 aliphatic heterocycles. The quantitative estimate of drug-likeness (QED) is 0.700. The molecule has 80 valence electrons. The zero-order valence-electron chi connectivity index (χ0n) is 9.04. The number of hydrogen-bond donors (Lipinski definition) is 1. The highest BCUT2D eigenvalue weighted by atomic mass is 16.5. The van der Waals surface area contributed by atoms with Crippen LogP contribution < -0.4 is 5.32 Å². The molecule has 0 aliphatic carbocycles. The second kappa shape index (κ2) is 4.03. The summed E-state index contributed by atoms with van der Waals surface area (Å²) >= 11 is 0. The van der Waals surface area contributed by atoms with Gasteiger partial charge in [0.25, 0.3) is 0 Å². The zero-order valence-corrected chi connectivity index (χ0v) is 9.04. The van der Waals surface area contributed by atoms with E-state index in [4.69, 9.17) is 4.74 Å². The first kappa shape index (κ1) is 10.2. The fourth-order valence-electron chi connectivity index (χ4n) is 2.04. The molecule has 1 aromatic carbocycles. The van der Waals surface area contributed by atoms with Crippen molar-refractivity contribution < 1.29 is 9.53 Å². The van der Waals surface area contributed by atoms with Crippen molar-refractivity contribution in [2.45, 2.75) is 25.9 Å². The molecule has 1 aromatic rings. The van der Waals surface area contributed by atoms with Gasteiger partial charge in [0, 0.05) is 6.54 Å². The fraction of sp³-hybridized carbons (Fsp3) is 0.417. The van der Waals surface area contributed by atoms with Crippen molar-refractivity contribution in [2.24, 2.45) is 0 Å². The van der Waals surface area contributed by atoms with Gasteiger partial charge in [-0.1, -0.05) is 18.2 Å². The van der Waals surface area contributed by atoms with Crippen molar-refractivity contribution in [2.75, 3.05) is 7.11 Å². The second-order valence-electron chi connectivity index (χ2n) is 3.87. The molecular formula is C12H15NO2. The summed E-state index contributed by atoms with van der Waals surface area (Å²) in [5.41, 5.74) is 3.82. The molecule has 1 heterocycles. The van der Waals surface area contributed by atoms with E-state index in [9.17, 15) is 4.79 Å². The van der Waals surface area contributed by atoms with E-state index in [0.29, 0.717) is 0 Å². The van der Waals surface area contributed by atoms with Gasteiger partial charge in [0.15, 0.2) is 0 Å². The largest absolute Gasteiger partial charge is 0.468 e. The number of nitrogens with one attached hydrogen (secondary N) is 1. The topological polar surface area (TPSA) is 38.3 Å². The van der Waals surface area contributed by atoms with Crippen molar-refractivity contribution in [3.05, 3.63) is 34.9 Å². The molecule has 0 saturated carbocycles. The van der Waals surface area contributed by atoms with Crippen LogP contribution in [-0.4, -0.2) is 19.1 Å². The van der Waals surface area contributed by atoms with E-state index in [0.717, 1.165) is 13.0 Å². The molecule has 15 heavy (non-hydrogen) atoms. The minimum atomic E-state index is -0.191. The Morgan fingerprint density at radius 1 is 1.53 bits per heavy atom. The Bertz CT molecular complexity index is 387. The van der Waals surface area contributed by atoms with Crippen LogP contribution in [0.5, 0.6) is 0 Å². The van der Waals surface area contributed by atoms with Crippen molar-refractivity contribution in [1.82, 2.24) is 5.32 Å². The standard InChI is InChI=1S/C12H15NO2/c1-8-4-3-5-9-7-13-11(6-10(8)9)12(14)15-2/h3-5,11,13H,6-7H2,1-2H3/t11-/m1/s1. The van der Waals surface area contributed by atoms with E-state index in [2.05, 4.69) is 24.4 Å². The molecule has 0 saturated heterocycles. The first-order valence-electron chi connectivity index (χ1n) is 5.11. The number of benzene rings is 1. The SMILES string of the molecule is COC(=O)[C@H]1Cc2c(C)cccc2CN1. The van der Waals surface area contributed by atoms with Gasteiger partial charge in [0.05, 0.1) is 7.11 Å². The molecule has 0 spiro atoms. The van der Waals surface area contributed by atoms with Gasteiger partial charge in [-0.05, 0) is 30.0 Å². The molecule has 3 heteroatoms. The predicted octanol–water partition coefficient (Wildman–Crippen LogP) is 1.18. The lowest BCUT2D eigenvalue weighted by Crippen LogP contribution is -2.42. The molecule has 1 N–H and O–H groups in total. The number of esters is 1. The maximum Gasteiger partial charge on any atom is 0.323 e. The molecule has 2 rings (SSSR count). The number of carbonyl (C=O) groups is 1. The van der Waals surface area contributed by atoms with Crippen molar-refractivity contribution in [3.8, 4) is 0 Å². The van der Waals surface area contributed by atoms with E-state index in [1.807, 2.05) is 6.07 Å². The van der Waals surface area contributed by atoms with E-state index in [-0.39, 0.29) is 12.0 Å². The number of methoxy groups -OCH3 is 1. The maximum atomic E-state index is 11.4. The lowest BCUT2D eigenvalue weighted by Gasteiger charge is -2.25. The lowest BCUT2D eigenvalue weighted by molar-refractivity contribution is -0.143. The average Bonchev–Trinajstić information content (AvgIpc) is 2.28. The van der Waals surface area contributed by atoms with E-state index in [1.54, 1.807) is 0 Å². The smallest absolute Gasteiger partial charge is 0.323 e. The van der Waals surface area contributed by atoms with E-state index < -0.39 is 0 Å². The molecule has 1 atom stereocenters. The third-order valence-corrected chi connectivity index (χ3v) is 2.94. The van der Waals surface area contributed by atoms with Crippen molar-refractivity contribution in [3.63, 3.8) is 0 Å². The maximum absolute atomic E-state index is 11.4. The Balaban J connectivity index is 2.26. The lowest BCUT2D eigenvalue weighted by atomic mass is 9.92. The molecular weight excluding hydrogens is 190 g/mol. The van der Waals surface area contributed by atoms with Crippen molar-refractivity contribution >= 4 is 5.97 Å². The van der Waals surface area contributed by atoms with Crippen LogP contribution in [0.4, 0.5) is 0 Å². The number of rotatable bonds is 1. The molecule has 0 amide bonds. The third kappa shape index (κ3) is 1.88. The van der Waals surface area contributed by atoms with Crippen LogP contribution in [0.1, 0.15) is 16.7 Å². The molecule has 3 nitrogen and oxygen atoms in total. The van der Waals surface area contributed by atoms with Crippen LogP contribution in [0.3, 0.4) is 0 Å². The highest BCUT2D eigenvalue weighted by Gasteiger charge is 2.25. The number of carbonyl (C=O) groups excluding carboxylic acids is 1. The van der Waals surface area contributed by atoms with E-state index >= 15 is 0 Å². The summed E-state index contributed by atoms with van der Waals surface area (Å²) < 4.78 is 4.74. The Morgan fingerprint density at radius 3 is 3.07 bits per heavy atom. The van der Waals surface area contributed by atoms with Crippen LogP contribution in [0, 0.1) is 6.92 Å². The van der Waals surface area contributed by atoms with Gasteiger partial charge in [-0.2, -0.15) is 0 Å². The predicted molar refractivity (Wildman–Crippen MR) is 57.5 cm³/mol. The van der Waals surface area contributed by atoms with Crippen molar-refractivity contribution in [1.29, 1.82) is 0 Å². The summed E-state index contributed by atoms with van der Waals surface area (Å²) in [6, 6.07) is 6.04. The highest BCUT2D eigenvalue weighted by Crippen LogP contribution is 2.20. The molecule has 1 aliphatic rings. The first-order chi connectivity index (χ1) is 7.22. The van der Waals surface area contributed by atoms with Crippen LogP contribution >= 0.6 is 0 Å². The second-order valence-corrected chi connectivity index (χ2v) is 3.87. The first-order valence-corrected chi connectivity index (χ1v) is 5.11. The van der Waals surface area contributed by atoms with E-state index in [1.165, 1.54) is 23.8 Å². The van der Waals surface area contributed by atoms with Crippen LogP contribution in [-0.2, 0) is 22.5 Å². The molecule has 0 bridgehead atoms. The molecule has 0 unspecified atom stereocenters. The molecule has 0 radical (unpaired) electrons. The number of ether oxygens (including phenoxy) is 1. The normalized spacial score (nSPS) is 19.5. The Labute approximate surface area is 89.4 Å². The number of hydrogen-bond acceptors (Lipinski definition) is 3. The molecule has 0 fully saturated rings.